The zero-order valence-electron chi connectivity index (χ0n) is 17.4. The second-order valence-electron chi connectivity index (χ2n) is 7.07. The summed E-state index contributed by atoms with van der Waals surface area (Å²) in [5, 5.41) is -0.423. The van der Waals surface area contributed by atoms with Crippen LogP contribution in [-0.2, 0) is 20.5 Å². The summed E-state index contributed by atoms with van der Waals surface area (Å²) >= 11 is 5.79. The molecule has 1 heterocycles. The average molecular weight is 473 g/mol. The molecule has 0 bridgehead atoms. The lowest BCUT2D eigenvalue weighted by Crippen LogP contribution is -2.49. The molecule has 1 N–H and O–H groups in total. The van der Waals surface area contributed by atoms with E-state index in [1.165, 1.54) is 6.07 Å². The molecule has 0 radical (unpaired) electrons. The van der Waals surface area contributed by atoms with Gasteiger partial charge in [0.25, 0.3) is 5.91 Å². The van der Waals surface area contributed by atoms with Gasteiger partial charge in [0.1, 0.15) is 6.23 Å². The quantitative estimate of drug-likeness (QED) is 0.575. The van der Waals surface area contributed by atoms with Gasteiger partial charge in [-0.3, -0.25) is 14.5 Å². The van der Waals surface area contributed by atoms with Gasteiger partial charge >= 0.3 is 6.18 Å². The van der Waals surface area contributed by atoms with Crippen molar-refractivity contribution in [3.8, 4) is 0 Å². The second-order valence-corrected chi connectivity index (χ2v) is 7.47. The maximum absolute atomic E-state index is 13.5. The van der Waals surface area contributed by atoms with Crippen molar-refractivity contribution < 1.29 is 32.3 Å². The van der Waals surface area contributed by atoms with Crippen LogP contribution >= 0.6 is 11.6 Å². The molecule has 10 heteroatoms. The number of alkyl halides is 3. The minimum Gasteiger partial charge on any atom is -0.379 e. The summed E-state index contributed by atoms with van der Waals surface area (Å²) in [6, 6.07) is 11.9. The first-order chi connectivity index (χ1) is 15.3. The van der Waals surface area contributed by atoms with E-state index in [1.54, 1.807) is 37.3 Å². The van der Waals surface area contributed by atoms with E-state index in [4.69, 9.17) is 25.9 Å². The molecule has 1 aliphatic heterocycles. The molecule has 0 saturated carbocycles. The van der Waals surface area contributed by atoms with Crippen LogP contribution in [0, 0.1) is 0 Å². The molecule has 0 spiro atoms. The van der Waals surface area contributed by atoms with Crippen LogP contribution in [0.5, 0.6) is 0 Å². The van der Waals surface area contributed by atoms with Gasteiger partial charge in [0.05, 0.1) is 23.8 Å². The Hall–Kier alpha value is -2.17. The van der Waals surface area contributed by atoms with Crippen LogP contribution < -0.4 is 5.48 Å². The van der Waals surface area contributed by atoms with E-state index in [1.807, 2.05) is 4.90 Å². The Morgan fingerprint density at radius 3 is 2.50 bits per heavy atom. The van der Waals surface area contributed by atoms with E-state index in [0.29, 0.717) is 31.9 Å². The summed E-state index contributed by atoms with van der Waals surface area (Å²) in [5.74, 6) is -0.530. The van der Waals surface area contributed by atoms with Crippen molar-refractivity contribution in [2.75, 3.05) is 32.9 Å². The summed E-state index contributed by atoms with van der Waals surface area (Å²) in [4.78, 5) is 20.1. The number of hydroxylamine groups is 1. The Kier molecular flexibility index (Phi) is 8.50. The predicted molar refractivity (Wildman–Crippen MR) is 112 cm³/mol. The molecular weight excluding hydrogens is 449 g/mol. The fraction of sp³-hybridized carbons (Fsp3) is 0.409. The second kappa shape index (κ2) is 11.1. The number of hydrogen-bond donors (Lipinski definition) is 1. The van der Waals surface area contributed by atoms with E-state index in [0.717, 1.165) is 12.1 Å². The summed E-state index contributed by atoms with van der Waals surface area (Å²) in [6.07, 6.45) is -6.47. The number of benzene rings is 2. The smallest absolute Gasteiger partial charge is 0.379 e. The molecule has 1 amide bonds. The lowest BCUT2D eigenvalue weighted by molar-refractivity contribution is -0.176. The van der Waals surface area contributed by atoms with Crippen LogP contribution in [0.4, 0.5) is 13.2 Å². The first-order valence-electron chi connectivity index (χ1n) is 10.1. The highest BCUT2D eigenvalue weighted by atomic mass is 35.5. The van der Waals surface area contributed by atoms with Crippen molar-refractivity contribution in [2.24, 2.45) is 0 Å². The number of rotatable bonds is 8. The van der Waals surface area contributed by atoms with Crippen LogP contribution in [0.2, 0.25) is 5.02 Å². The molecule has 1 fully saturated rings. The topological polar surface area (TPSA) is 60.0 Å². The molecule has 2 aromatic carbocycles. The number of carbonyl (C=O) groups excluding carboxylic acids is 1. The third-order valence-electron chi connectivity index (χ3n) is 4.94. The predicted octanol–water partition coefficient (Wildman–Crippen LogP) is 4.46. The van der Waals surface area contributed by atoms with Gasteiger partial charge in [-0.2, -0.15) is 13.2 Å². The number of nitrogens with zero attached hydrogens (tertiary/aromatic N) is 1. The molecule has 6 nitrogen and oxygen atoms in total. The standard InChI is InChI=1S/C22H24ClF3N2O4/c1-2-31-21(28-10-12-30-13-11-28)19(32-27-20(29)15-6-4-3-5-7-15)16-8-9-18(23)17(14-16)22(24,25)26/h3-9,14,19,21H,2,10-13H2,1H3,(H,27,29). The van der Waals surface area contributed by atoms with Crippen molar-refractivity contribution in [3.63, 3.8) is 0 Å². The lowest BCUT2D eigenvalue weighted by Gasteiger charge is -2.38. The normalized spacial score (nSPS) is 17.0. The highest BCUT2D eigenvalue weighted by Gasteiger charge is 2.37. The Bertz CT molecular complexity index is 892. The zero-order valence-corrected chi connectivity index (χ0v) is 18.2. The van der Waals surface area contributed by atoms with Crippen molar-refractivity contribution in [2.45, 2.75) is 25.4 Å². The fourth-order valence-corrected chi connectivity index (χ4v) is 3.61. The number of nitrogens with one attached hydrogen (secondary N) is 1. The van der Waals surface area contributed by atoms with Gasteiger partial charge in [0.2, 0.25) is 0 Å². The van der Waals surface area contributed by atoms with Gasteiger partial charge in [-0.15, -0.1) is 0 Å². The number of hydrogen-bond acceptors (Lipinski definition) is 5. The molecule has 2 unspecified atom stereocenters. The van der Waals surface area contributed by atoms with Crippen molar-refractivity contribution >= 4 is 17.5 Å². The SMILES string of the molecule is CCOC(C(ONC(=O)c1ccccc1)c1ccc(Cl)c(C(F)(F)F)c1)N1CCOCC1. The first-order valence-corrected chi connectivity index (χ1v) is 10.5. The molecule has 1 aliphatic rings. The molecular formula is C22H24ClF3N2O4. The van der Waals surface area contributed by atoms with E-state index >= 15 is 0 Å². The zero-order chi connectivity index (χ0) is 23.1. The molecule has 3 rings (SSSR count). The van der Waals surface area contributed by atoms with Crippen molar-refractivity contribution in [1.29, 1.82) is 0 Å². The summed E-state index contributed by atoms with van der Waals surface area (Å²) in [6.45, 7) is 3.94. The number of halogens is 4. The van der Waals surface area contributed by atoms with Gasteiger partial charge < -0.3 is 9.47 Å². The Morgan fingerprint density at radius 2 is 1.88 bits per heavy atom. The largest absolute Gasteiger partial charge is 0.417 e. The Labute approximate surface area is 189 Å². The Balaban J connectivity index is 1.93. The van der Waals surface area contributed by atoms with Crippen LogP contribution in [0.25, 0.3) is 0 Å². The van der Waals surface area contributed by atoms with Gasteiger partial charge in [-0.05, 0) is 36.8 Å². The molecule has 0 aromatic heterocycles. The number of carbonyl (C=O) groups is 1. The maximum atomic E-state index is 13.5. The lowest BCUT2D eigenvalue weighted by atomic mass is 10.0. The Morgan fingerprint density at radius 1 is 1.19 bits per heavy atom. The molecule has 32 heavy (non-hydrogen) atoms. The third-order valence-corrected chi connectivity index (χ3v) is 5.27. The van der Waals surface area contributed by atoms with Gasteiger partial charge in [0.15, 0.2) is 6.10 Å². The van der Waals surface area contributed by atoms with Crippen LogP contribution in [0.15, 0.2) is 48.5 Å². The summed E-state index contributed by atoms with van der Waals surface area (Å²) in [7, 11) is 0. The van der Waals surface area contributed by atoms with E-state index < -0.39 is 35.0 Å². The number of amides is 1. The fourth-order valence-electron chi connectivity index (χ4n) is 3.38. The molecule has 0 aliphatic carbocycles. The van der Waals surface area contributed by atoms with Gasteiger partial charge in [-0.1, -0.05) is 35.9 Å². The third kappa shape index (κ3) is 6.20. The van der Waals surface area contributed by atoms with Crippen LogP contribution in [-0.4, -0.2) is 49.9 Å². The minimum absolute atomic E-state index is 0.167. The first kappa shape index (κ1) is 24.5. The van der Waals surface area contributed by atoms with E-state index in [-0.39, 0.29) is 12.2 Å². The van der Waals surface area contributed by atoms with E-state index in [9.17, 15) is 18.0 Å². The molecule has 2 aromatic rings. The van der Waals surface area contributed by atoms with Gasteiger partial charge in [-0.25, -0.2) is 5.48 Å². The number of morpholine rings is 1. The summed E-state index contributed by atoms with van der Waals surface area (Å²) in [5.41, 5.74) is 1.88. The van der Waals surface area contributed by atoms with Crippen LogP contribution in [0.3, 0.4) is 0 Å². The summed E-state index contributed by atoms with van der Waals surface area (Å²) < 4.78 is 51.7. The highest BCUT2D eigenvalue weighted by Crippen LogP contribution is 2.37. The monoisotopic (exact) mass is 472 g/mol. The highest BCUT2D eigenvalue weighted by molar-refractivity contribution is 6.31. The minimum atomic E-state index is -4.65. The molecule has 1 saturated heterocycles. The average Bonchev–Trinajstić information content (AvgIpc) is 2.79. The maximum Gasteiger partial charge on any atom is 0.417 e. The molecule has 174 valence electrons. The van der Waals surface area contributed by atoms with Crippen molar-refractivity contribution in [1.82, 2.24) is 10.4 Å². The van der Waals surface area contributed by atoms with Crippen molar-refractivity contribution in [3.05, 3.63) is 70.2 Å². The van der Waals surface area contributed by atoms with E-state index in [2.05, 4.69) is 5.48 Å². The molecule has 2 atom stereocenters. The van der Waals surface area contributed by atoms with Crippen LogP contribution in [0.1, 0.15) is 34.5 Å². The number of ether oxygens (including phenoxy) is 2. The van der Waals surface area contributed by atoms with Gasteiger partial charge in [0, 0.05) is 25.3 Å².